The molecule has 0 radical (unpaired) electrons. The molecule has 3 rings (SSSR count). The molecular formula is C18H20N4O3. The van der Waals surface area contributed by atoms with E-state index in [1.807, 2.05) is 0 Å². The van der Waals surface area contributed by atoms with Gasteiger partial charge in [0.2, 0.25) is 11.8 Å². The van der Waals surface area contributed by atoms with Gasteiger partial charge in [-0.05, 0) is 50.1 Å². The minimum atomic E-state index is -0.301. The van der Waals surface area contributed by atoms with E-state index in [2.05, 4.69) is 22.0 Å². The summed E-state index contributed by atoms with van der Waals surface area (Å²) in [5.74, 6) is 0.767. The number of likely N-dealkylation sites (N-methyl/N-ethyl adjacent to an activating group) is 1. The average molecular weight is 340 g/mol. The predicted molar refractivity (Wildman–Crippen MR) is 92.2 cm³/mol. The van der Waals surface area contributed by atoms with Gasteiger partial charge in [-0.3, -0.25) is 9.59 Å². The van der Waals surface area contributed by atoms with E-state index < -0.39 is 0 Å². The Balaban J connectivity index is 1.65. The Morgan fingerprint density at radius 3 is 2.56 bits per heavy atom. The van der Waals surface area contributed by atoms with Crippen LogP contribution in [0.5, 0.6) is 0 Å². The molecule has 2 amide bonds. The summed E-state index contributed by atoms with van der Waals surface area (Å²) in [5.41, 5.74) is 0.935. The summed E-state index contributed by atoms with van der Waals surface area (Å²) in [6.45, 7) is 5.23. The molecule has 2 aromatic rings. The summed E-state index contributed by atoms with van der Waals surface area (Å²) in [4.78, 5) is 29.8. The van der Waals surface area contributed by atoms with Gasteiger partial charge >= 0.3 is 0 Å². The van der Waals surface area contributed by atoms with Gasteiger partial charge in [-0.1, -0.05) is 11.7 Å². The average Bonchev–Trinajstić information content (AvgIpc) is 3.24. The van der Waals surface area contributed by atoms with E-state index in [1.165, 1.54) is 11.0 Å². The van der Waals surface area contributed by atoms with Crippen LogP contribution in [0, 0.1) is 6.92 Å². The standard InChI is InChI=1S/C18H20N4O3/c1-4-16(23)22(3)14-7-5-13(6-8-14)17(24)20-18(9-10-18)11-15-19-12(2)21-25-15/h4-8H,1,9-11H2,2-3H3,(H,20,24). The lowest BCUT2D eigenvalue weighted by Crippen LogP contribution is -2.38. The van der Waals surface area contributed by atoms with Crippen molar-refractivity contribution in [2.75, 3.05) is 11.9 Å². The first-order chi connectivity index (χ1) is 11.9. The molecule has 1 aliphatic rings. The Kier molecular flexibility index (Phi) is 4.39. The highest BCUT2D eigenvalue weighted by Gasteiger charge is 2.45. The second-order valence-corrected chi connectivity index (χ2v) is 6.29. The lowest BCUT2D eigenvalue weighted by atomic mass is 10.1. The molecule has 1 N–H and O–H groups in total. The van der Waals surface area contributed by atoms with Gasteiger partial charge in [-0.2, -0.15) is 4.98 Å². The topological polar surface area (TPSA) is 88.3 Å². The number of hydrogen-bond donors (Lipinski definition) is 1. The van der Waals surface area contributed by atoms with Crippen molar-refractivity contribution in [3.8, 4) is 0 Å². The van der Waals surface area contributed by atoms with Crippen molar-refractivity contribution in [1.29, 1.82) is 0 Å². The van der Waals surface area contributed by atoms with Crippen LogP contribution >= 0.6 is 0 Å². The molecular weight excluding hydrogens is 320 g/mol. The third-order valence-corrected chi connectivity index (χ3v) is 4.31. The summed E-state index contributed by atoms with van der Waals surface area (Å²) in [6, 6.07) is 6.86. The first-order valence-corrected chi connectivity index (χ1v) is 8.04. The normalized spacial score (nSPS) is 14.6. The smallest absolute Gasteiger partial charge is 0.251 e. The van der Waals surface area contributed by atoms with Crippen molar-refractivity contribution in [2.24, 2.45) is 0 Å². The lowest BCUT2D eigenvalue weighted by Gasteiger charge is -2.17. The zero-order chi connectivity index (χ0) is 18.0. The first-order valence-electron chi connectivity index (χ1n) is 8.04. The van der Waals surface area contributed by atoms with Gasteiger partial charge in [0.25, 0.3) is 5.91 Å². The Bertz CT molecular complexity index is 806. The third kappa shape index (κ3) is 3.76. The maximum Gasteiger partial charge on any atom is 0.251 e. The minimum Gasteiger partial charge on any atom is -0.346 e. The zero-order valence-electron chi connectivity index (χ0n) is 14.3. The fourth-order valence-corrected chi connectivity index (χ4v) is 2.61. The zero-order valence-corrected chi connectivity index (χ0v) is 14.3. The molecule has 1 fully saturated rings. The number of amides is 2. The number of nitrogens with one attached hydrogen (secondary N) is 1. The molecule has 0 aliphatic heterocycles. The van der Waals surface area contributed by atoms with E-state index in [0.717, 1.165) is 12.8 Å². The van der Waals surface area contributed by atoms with Crippen LogP contribution in [0.25, 0.3) is 0 Å². The van der Waals surface area contributed by atoms with Crippen LogP contribution in [0.15, 0.2) is 41.4 Å². The molecule has 1 aromatic heterocycles. The second-order valence-electron chi connectivity index (χ2n) is 6.29. The first kappa shape index (κ1) is 16.9. The van der Waals surface area contributed by atoms with Gasteiger partial charge in [0.15, 0.2) is 5.82 Å². The molecule has 0 spiro atoms. The fourth-order valence-electron chi connectivity index (χ4n) is 2.61. The molecule has 7 nitrogen and oxygen atoms in total. The monoisotopic (exact) mass is 340 g/mol. The van der Waals surface area contributed by atoms with Crippen molar-refractivity contribution in [2.45, 2.75) is 31.7 Å². The minimum absolute atomic E-state index is 0.155. The van der Waals surface area contributed by atoms with E-state index in [0.29, 0.717) is 29.4 Å². The SMILES string of the molecule is C=CC(=O)N(C)c1ccc(C(=O)NC2(Cc3nc(C)no3)CC2)cc1. The van der Waals surface area contributed by atoms with Gasteiger partial charge in [0, 0.05) is 23.8 Å². The van der Waals surface area contributed by atoms with E-state index in [1.54, 1.807) is 38.2 Å². The van der Waals surface area contributed by atoms with Crippen LogP contribution < -0.4 is 10.2 Å². The molecule has 0 atom stereocenters. The molecule has 0 bridgehead atoms. The summed E-state index contributed by atoms with van der Waals surface area (Å²) in [5, 5.41) is 6.84. The van der Waals surface area contributed by atoms with Crippen LogP contribution in [0.2, 0.25) is 0 Å². The van der Waals surface area contributed by atoms with Crippen LogP contribution in [-0.4, -0.2) is 34.5 Å². The lowest BCUT2D eigenvalue weighted by molar-refractivity contribution is -0.113. The highest BCUT2D eigenvalue weighted by molar-refractivity contribution is 6.01. The number of benzene rings is 1. The number of carbonyl (C=O) groups excluding carboxylic acids is 2. The third-order valence-electron chi connectivity index (χ3n) is 4.31. The summed E-state index contributed by atoms with van der Waals surface area (Å²) in [7, 11) is 1.66. The van der Waals surface area contributed by atoms with Crippen molar-refractivity contribution >= 4 is 17.5 Å². The predicted octanol–water partition coefficient (Wildman–Crippen LogP) is 2.03. The van der Waals surface area contributed by atoms with Crippen molar-refractivity contribution in [3.05, 3.63) is 54.2 Å². The number of carbonyl (C=O) groups is 2. The largest absolute Gasteiger partial charge is 0.346 e. The molecule has 7 heteroatoms. The van der Waals surface area contributed by atoms with E-state index in [-0.39, 0.29) is 17.4 Å². The van der Waals surface area contributed by atoms with Crippen LogP contribution in [-0.2, 0) is 11.2 Å². The molecule has 130 valence electrons. The van der Waals surface area contributed by atoms with Gasteiger partial charge in [-0.15, -0.1) is 0 Å². The quantitative estimate of drug-likeness (QED) is 0.813. The maximum atomic E-state index is 12.5. The molecule has 1 heterocycles. The van der Waals surface area contributed by atoms with Gasteiger partial charge in [0.1, 0.15) is 0 Å². The molecule has 1 saturated carbocycles. The Hall–Kier alpha value is -2.96. The molecule has 0 unspecified atom stereocenters. The maximum absolute atomic E-state index is 12.5. The van der Waals surface area contributed by atoms with E-state index in [4.69, 9.17) is 4.52 Å². The van der Waals surface area contributed by atoms with Crippen LogP contribution in [0.3, 0.4) is 0 Å². The van der Waals surface area contributed by atoms with E-state index >= 15 is 0 Å². The van der Waals surface area contributed by atoms with Crippen molar-refractivity contribution in [3.63, 3.8) is 0 Å². The molecule has 25 heavy (non-hydrogen) atoms. The second kappa shape index (κ2) is 6.51. The number of aromatic nitrogens is 2. The highest BCUT2D eigenvalue weighted by Crippen LogP contribution is 2.38. The Morgan fingerprint density at radius 1 is 1.36 bits per heavy atom. The molecule has 1 aromatic carbocycles. The highest BCUT2D eigenvalue weighted by atomic mass is 16.5. The number of hydrogen-bond acceptors (Lipinski definition) is 5. The number of nitrogens with zero attached hydrogens (tertiary/aromatic N) is 3. The van der Waals surface area contributed by atoms with E-state index in [9.17, 15) is 9.59 Å². The number of rotatable bonds is 6. The molecule has 0 saturated heterocycles. The summed E-state index contributed by atoms with van der Waals surface area (Å²) in [6.07, 6.45) is 3.55. The molecule has 1 aliphatic carbocycles. The van der Waals surface area contributed by atoms with Crippen molar-refractivity contribution in [1.82, 2.24) is 15.5 Å². The van der Waals surface area contributed by atoms with Gasteiger partial charge in [0.05, 0.1) is 6.42 Å². The number of aryl methyl sites for hydroxylation is 1. The summed E-state index contributed by atoms with van der Waals surface area (Å²) >= 11 is 0. The van der Waals surface area contributed by atoms with Gasteiger partial charge in [-0.25, -0.2) is 0 Å². The van der Waals surface area contributed by atoms with Crippen LogP contribution in [0.1, 0.15) is 34.9 Å². The Labute approximate surface area is 145 Å². The van der Waals surface area contributed by atoms with Crippen molar-refractivity contribution < 1.29 is 14.1 Å². The number of anilines is 1. The van der Waals surface area contributed by atoms with Gasteiger partial charge < -0.3 is 14.7 Å². The Morgan fingerprint density at radius 2 is 2.04 bits per heavy atom. The fraction of sp³-hybridized carbons (Fsp3) is 0.333. The van der Waals surface area contributed by atoms with Crippen LogP contribution in [0.4, 0.5) is 5.69 Å². The summed E-state index contributed by atoms with van der Waals surface area (Å²) < 4.78 is 5.14.